The first-order chi connectivity index (χ1) is 14.5. The van der Waals surface area contributed by atoms with Crippen molar-refractivity contribution in [1.82, 2.24) is 10.2 Å². The summed E-state index contributed by atoms with van der Waals surface area (Å²) in [6, 6.07) is 13.0. The summed E-state index contributed by atoms with van der Waals surface area (Å²) >= 11 is 6.31. The molecule has 0 radical (unpaired) electrons. The van der Waals surface area contributed by atoms with Crippen molar-refractivity contribution in [3.63, 3.8) is 0 Å². The van der Waals surface area contributed by atoms with Gasteiger partial charge < -0.3 is 20.1 Å². The van der Waals surface area contributed by atoms with Crippen molar-refractivity contribution in [3.05, 3.63) is 53.1 Å². The number of rotatable bonds is 4. The molecule has 2 N–H and O–H groups in total. The summed E-state index contributed by atoms with van der Waals surface area (Å²) in [6.45, 7) is 5.83. The SMILES string of the molecule is CCC(CC)(C(=O)O)C1CN(C2=Nc3ccccc3Oc3ccc(Cl)cc32)CCN1. The number of aliphatic imine (C=N–C) groups is 1. The minimum Gasteiger partial charge on any atom is -0.481 e. The Labute approximate surface area is 181 Å². The molecule has 0 aliphatic carbocycles. The summed E-state index contributed by atoms with van der Waals surface area (Å²) in [4.78, 5) is 19.3. The van der Waals surface area contributed by atoms with Crippen molar-refractivity contribution in [2.24, 2.45) is 10.4 Å². The highest BCUT2D eigenvalue weighted by Gasteiger charge is 2.45. The van der Waals surface area contributed by atoms with Crippen LogP contribution >= 0.6 is 11.6 Å². The molecule has 0 amide bonds. The van der Waals surface area contributed by atoms with E-state index in [0.717, 1.165) is 17.1 Å². The lowest BCUT2D eigenvalue weighted by Crippen LogP contribution is -2.61. The van der Waals surface area contributed by atoms with Gasteiger partial charge >= 0.3 is 5.97 Å². The van der Waals surface area contributed by atoms with E-state index in [1.807, 2.05) is 50.2 Å². The van der Waals surface area contributed by atoms with Gasteiger partial charge in [-0.15, -0.1) is 0 Å². The molecule has 0 saturated carbocycles. The van der Waals surface area contributed by atoms with Gasteiger partial charge in [-0.3, -0.25) is 4.79 Å². The Bertz CT molecular complexity index is 987. The highest BCUT2D eigenvalue weighted by atomic mass is 35.5. The van der Waals surface area contributed by atoms with E-state index in [-0.39, 0.29) is 6.04 Å². The van der Waals surface area contributed by atoms with Crippen LogP contribution in [0.4, 0.5) is 5.69 Å². The largest absolute Gasteiger partial charge is 0.481 e. The molecule has 2 heterocycles. The van der Waals surface area contributed by atoms with E-state index in [4.69, 9.17) is 21.3 Å². The molecular formula is C23H26ClN3O3. The number of amidine groups is 1. The van der Waals surface area contributed by atoms with Crippen LogP contribution in [0.25, 0.3) is 0 Å². The highest BCUT2D eigenvalue weighted by molar-refractivity contribution is 6.31. The molecule has 4 rings (SSSR count). The van der Waals surface area contributed by atoms with Crippen molar-refractivity contribution in [2.75, 3.05) is 19.6 Å². The second-order valence-electron chi connectivity index (χ2n) is 7.77. The fraction of sp³-hybridized carbons (Fsp3) is 0.391. The summed E-state index contributed by atoms with van der Waals surface area (Å²) in [7, 11) is 0. The summed E-state index contributed by atoms with van der Waals surface area (Å²) < 4.78 is 6.14. The third-order valence-corrected chi connectivity index (χ3v) is 6.56. The Morgan fingerprint density at radius 1 is 1.27 bits per heavy atom. The molecule has 2 aliphatic heterocycles. The molecular weight excluding hydrogens is 402 g/mol. The second kappa shape index (κ2) is 8.28. The van der Waals surface area contributed by atoms with Gasteiger partial charge in [0.05, 0.1) is 11.0 Å². The maximum Gasteiger partial charge on any atom is 0.311 e. The number of aliphatic carboxylic acids is 1. The Balaban J connectivity index is 1.77. The fourth-order valence-electron chi connectivity index (χ4n) is 4.44. The van der Waals surface area contributed by atoms with Gasteiger partial charge in [0.1, 0.15) is 17.3 Å². The van der Waals surface area contributed by atoms with Crippen LogP contribution in [0.3, 0.4) is 0 Å². The number of ether oxygens (including phenoxy) is 1. The normalized spacial score (nSPS) is 18.6. The molecule has 30 heavy (non-hydrogen) atoms. The second-order valence-corrected chi connectivity index (χ2v) is 8.20. The lowest BCUT2D eigenvalue weighted by Gasteiger charge is -2.43. The molecule has 6 nitrogen and oxygen atoms in total. The number of carboxylic acids is 1. The zero-order chi connectivity index (χ0) is 21.3. The van der Waals surface area contributed by atoms with Gasteiger partial charge in [0.2, 0.25) is 0 Å². The molecule has 2 aromatic rings. The van der Waals surface area contributed by atoms with Crippen molar-refractivity contribution < 1.29 is 14.6 Å². The van der Waals surface area contributed by atoms with Crippen LogP contribution in [0, 0.1) is 5.41 Å². The first-order valence-electron chi connectivity index (χ1n) is 10.4. The number of hydrogen-bond donors (Lipinski definition) is 2. The average molecular weight is 428 g/mol. The molecule has 158 valence electrons. The number of piperazine rings is 1. The number of fused-ring (bicyclic) bond motifs is 2. The molecule has 0 bridgehead atoms. The fourth-order valence-corrected chi connectivity index (χ4v) is 4.61. The number of carbonyl (C=O) groups is 1. The first-order valence-corrected chi connectivity index (χ1v) is 10.7. The van der Waals surface area contributed by atoms with Gasteiger partial charge in [0.25, 0.3) is 0 Å². The van der Waals surface area contributed by atoms with Gasteiger partial charge in [-0.05, 0) is 43.2 Å². The Morgan fingerprint density at radius 3 is 2.77 bits per heavy atom. The number of hydrogen-bond acceptors (Lipinski definition) is 5. The maximum absolute atomic E-state index is 12.2. The van der Waals surface area contributed by atoms with Gasteiger partial charge in [-0.1, -0.05) is 37.6 Å². The number of halogens is 1. The molecule has 1 saturated heterocycles. The quantitative estimate of drug-likeness (QED) is 0.740. The standard InChI is InChI=1S/C23H26ClN3O3/c1-3-23(4-2,22(28)29)20-14-27(12-11-25-20)21-16-13-15(24)9-10-18(16)30-19-8-6-5-7-17(19)26-21/h5-10,13,20,25H,3-4,11-12,14H2,1-2H3,(H,28,29). The summed E-state index contributed by atoms with van der Waals surface area (Å²) in [5, 5.41) is 14.1. The third-order valence-electron chi connectivity index (χ3n) is 6.32. The van der Waals surface area contributed by atoms with Crippen LogP contribution in [0.2, 0.25) is 5.02 Å². The number of nitrogens with zero attached hydrogens (tertiary/aromatic N) is 2. The molecule has 2 aromatic carbocycles. The number of nitrogens with one attached hydrogen (secondary N) is 1. The number of carboxylic acid groups (broad SMARTS) is 1. The van der Waals surface area contributed by atoms with Crippen LogP contribution in [-0.4, -0.2) is 47.5 Å². The Hall–Kier alpha value is -2.57. The van der Waals surface area contributed by atoms with E-state index < -0.39 is 11.4 Å². The van der Waals surface area contributed by atoms with E-state index in [9.17, 15) is 9.90 Å². The van der Waals surface area contributed by atoms with Crippen LogP contribution in [-0.2, 0) is 4.79 Å². The van der Waals surface area contributed by atoms with Gasteiger partial charge in [0, 0.05) is 30.7 Å². The molecule has 0 spiro atoms. The first kappa shape index (κ1) is 20.7. The van der Waals surface area contributed by atoms with E-state index in [2.05, 4.69) is 10.2 Å². The molecule has 0 aromatic heterocycles. The summed E-state index contributed by atoms with van der Waals surface area (Å²) in [5.41, 5.74) is 0.730. The van der Waals surface area contributed by atoms with E-state index in [1.165, 1.54) is 0 Å². The summed E-state index contributed by atoms with van der Waals surface area (Å²) in [5.74, 6) is 1.38. The van der Waals surface area contributed by atoms with Crippen LogP contribution < -0.4 is 10.1 Å². The number of para-hydroxylation sites is 2. The zero-order valence-electron chi connectivity index (χ0n) is 17.2. The zero-order valence-corrected chi connectivity index (χ0v) is 17.9. The Kier molecular flexibility index (Phi) is 5.71. The minimum atomic E-state index is -0.824. The minimum absolute atomic E-state index is 0.191. The van der Waals surface area contributed by atoms with E-state index >= 15 is 0 Å². The van der Waals surface area contributed by atoms with Crippen LogP contribution in [0.1, 0.15) is 32.3 Å². The third kappa shape index (κ3) is 3.55. The van der Waals surface area contributed by atoms with Crippen molar-refractivity contribution in [3.8, 4) is 11.5 Å². The summed E-state index contributed by atoms with van der Waals surface area (Å²) in [6.07, 6.45) is 1.12. The van der Waals surface area contributed by atoms with Crippen LogP contribution in [0.5, 0.6) is 11.5 Å². The lowest BCUT2D eigenvalue weighted by molar-refractivity contribution is -0.152. The molecule has 7 heteroatoms. The van der Waals surface area contributed by atoms with Gasteiger partial charge in [-0.25, -0.2) is 4.99 Å². The number of benzene rings is 2. The lowest BCUT2D eigenvalue weighted by atomic mass is 9.74. The predicted molar refractivity (Wildman–Crippen MR) is 118 cm³/mol. The molecule has 1 fully saturated rings. The monoisotopic (exact) mass is 427 g/mol. The van der Waals surface area contributed by atoms with Gasteiger partial charge in [0.15, 0.2) is 5.75 Å². The topological polar surface area (TPSA) is 74.2 Å². The van der Waals surface area contributed by atoms with Crippen molar-refractivity contribution >= 4 is 29.1 Å². The van der Waals surface area contributed by atoms with Crippen LogP contribution in [0.15, 0.2) is 47.5 Å². The molecule has 2 aliphatic rings. The highest BCUT2D eigenvalue weighted by Crippen LogP contribution is 2.40. The maximum atomic E-state index is 12.2. The molecule has 1 unspecified atom stereocenters. The smallest absolute Gasteiger partial charge is 0.311 e. The van der Waals surface area contributed by atoms with E-state index in [0.29, 0.717) is 49.0 Å². The average Bonchev–Trinajstić information content (AvgIpc) is 2.91. The van der Waals surface area contributed by atoms with Gasteiger partial charge in [-0.2, -0.15) is 0 Å². The Morgan fingerprint density at radius 2 is 2.03 bits per heavy atom. The van der Waals surface area contributed by atoms with Crippen molar-refractivity contribution in [2.45, 2.75) is 32.7 Å². The van der Waals surface area contributed by atoms with Crippen molar-refractivity contribution in [1.29, 1.82) is 0 Å². The predicted octanol–water partition coefficient (Wildman–Crippen LogP) is 4.69. The molecule has 1 atom stereocenters. The van der Waals surface area contributed by atoms with E-state index in [1.54, 1.807) is 6.07 Å².